The van der Waals surface area contributed by atoms with E-state index in [0.29, 0.717) is 17.8 Å². The summed E-state index contributed by atoms with van der Waals surface area (Å²) in [6.07, 6.45) is 3.09. The van der Waals surface area contributed by atoms with Gasteiger partial charge in [-0.25, -0.2) is 8.42 Å². The van der Waals surface area contributed by atoms with Crippen LogP contribution in [0.3, 0.4) is 0 Å². The molecular weight excluding hydrogens is 402 g/mol. The predicted octanol–water partition coefficient (Wildman–Crippen LogP) is 3.60. The largest absolute Gasteiger partial charge is 0.491 e. The molecule has 0 radical (unpaired) electrons. The summed E-state index contributed by atoms with van der Waals surface area (Å²) in [7, 11) is -3.75. The Morgan fingerprint density at radius 3 is 2.20 bits per heavy atom. The number of hydrogen-bond acceptors (Lipinski definition) is 5. The first-order valence-corrected chi connectivity index (χ1v) is 10.9. The van der Waals surface area contributed by atoms with Crippen molar-refractivity contribution in [3.8, 4) is 5.75 Å². The molecule has 30 heavy (non-hydrogen) atoms. The van der Waals surface area contributed by atoms with Gasteiger partial charge in [-0.1, -0.05) is 12.1 Å². The molecule has 0 saturated heterocycles. The van der Waals surface area contributed by atoms with Crippen LogP contribution in [0, 0.1) is 0 Å². The number of nitrogens with one attached hydrogen (secondary N) is 2. The summed E-state index contributed by atoms with van der Waals surface area (Å²) >= 11 is 0. The number of amides is 1. The molecule has 156 valence electrons. The van der Waals surface area contributed by atoms with Crippen LogP contribution in [0.25, 0.3) is 0 Å². The first-order chi connectivity index (χ1) is 14.3. The molecule has 1 heterocycles. The van der Waals surface area contributed by atoms with Gasteiger partial charge in [-0.3, -0.25) is 14.5 Å². The van der Waals surface area contributed by atoms with Crippen molar-refractivity contribution < 1.29 is 17.9 Å². The van der Waals surface area contributed by atoms with Crippen molar-refractivity contribution in [2.24, 2.45) is 0 Å². The van der Waals surface area contributed by atoms with Gasteiger partial charge in [-0.2, -0.15) is 0 Å². The van der Waals surface area contributed by atoms with Gasteiger partial charge in [0.05, 0.1) is 16.7 Å². The third-order valence-electron chi connectivity index (χ3n) is 4.11. The van der Waals surface area contributed by atoms with Crippen LogP contribution in [-0.4, -0.2) is 25.4 Å². The van der Waals surface area contributed by atoms with Crippen LogP contribution in [0.4, 0.5) is 5.69 Å². The number of aromatic nitrogens is 1. The van der Waals surface area contributed by atoms with Gasteiger partial charge in [0.15, 0.2) is 0 Å². The van der Waals surface area contributed by atoms with Gasteiger partial charge in [-0.05, 0) is 67.9 Å². The van der Waals surface area contributed by atoms with E-state index in [2.05, 4.69) is 15.0 Å². The maximum Gasteiger partial charge on any atom is 0.261 e. The lowest BCUT2D eigenvalue weighted by molar-refractivity contribution is 0.0951. The third kappa shape index (κ3) is 5.81. The molecule has 2 aromatic carbocycles. The SMILES string of the molecule is CC(C)Oc1ccc(CNC(=O)c2ccc(S(=O)(=O)Nc3ccncc3)cc2)cc1. The summed E-state index contributed by atoms with van der Waals surface area (Å²) in [5.74, 6) is 0.487. The Bertz CT molecular complexity index is 1080. The standard InChI is InChI=1S/C22H23N3O4S/c1-16(2)29-20-7-3-17(4-8-20)15-24-22(26)18-5-9-21(10-6-18)30(27,28)25-19-11-13-23-14-12-19/h3-14,16H,15H2,1-2H3,(H,23,25)(H,24,26). The lowest BCUT2D eigenvalue weighted by atomic mass is 10.2. The van der Waals surface area contributed by atoms with Crippen molar-refractivity contribution >= 4 is 21.6 Å². The molecule has 3 rings (SSSR count). The van der Waals surface area contributed by atoms with Crippen LogP contribution >= 0.6 is 0 Å². The molecule has 0 saturated carbocycles. The van der Waals surface area contributed by atoms with Crippen LogP contribution in [0.1, 0.15) is 29.8 Å². The maximum atomic E-state index is 12.4. The molecule has 0 aliphatic heterocycles. The van der Waals surface area contributed by atoms with E-state index in [-0.39, 0.29) is 16.9 Å². The van der Waals surface area contributed by atoms with Crippen molar-refractivity contribution in [1.29, 1.82) is 0 Å². The Labute approximate surface area is 176 Å². The van der Waals surface area contributed by atoms with Crippen molar-refractivity contribution in [2.45, 2.75) is 31.4 Å². The molecule has 0 aliphatic rings. The number of benzene rings is 2. The summed E-state index contributed by atoms with van der Waals surface area (Å²) in [6, 6.07) is 16.4. The van der Waals surface area contributed by atoms with E-state index >= 15 is 0 Å². The molecule has 0 fully saturated rings. The van der Waals surface area contributed by atoms with Crippen LogP contribution in [0.5, 0.6) is 5.75 Å². The molecular formula is C22H23N3O4S. The fourth-order valence-electron chi connectivity index (χ4n) is 2.66. The minimum atomic E-state index is -3.75. The lowest BCUT2D eigenvalue weighted by Crippen LogP contribution is -2.23. The molecule has 0 bridgehead atoms. The average molecular weight is 426 g/mol. The summed E-state index contributed by atoms with van der Waals surface area (Å²) < 4.78 is 33.0. The molecule has 3 aromatic rings. The van der Waals surface area contributed by atoms with Crippen molar-refractivity contribution in [3.05, 3.63) is 84.2 Å². The second-order valence-electron chi connectivity index (χ2n) is 6.86. The maximum absolute atomic E-state index is 12.4. The van der Waals surface area contributed by atoms with E-state index in [4.69, 9.17) is 4.74 Å². The van der Waals surface area contributed by atoms with E-state index in [1.54, 1.807) is 12.1 Å². The zero-order chi connectivity index (χ0) is 21.6. The Kier molecular flexibility index (Phi) is 6.68. The number of hydrogen-bond donors (Lipinski definition) is 2. The van der Waals surface area contributed by atoms with Gasteiger partial charge in [0.2, 0.25) is 0 Å². The highest BCUT2D eigenvalue weighted by Gasteiger charge is 2.15. The van der Waals surface area contributed by atoms with Gasteiger partial charge < -0.3 is 10.1 Å². The smallest absolute Gasteiger partial charge is 0.261 e. The monoisotopic (exact) mass is 425 g/mol. The van der Waals surface area contributed by atoms with Crippen molar-refractivity contribution in [1.82, 2.24) is 10.3 Å². The number of nitrogens with zero attached hydrogens (tertiary/aromatic N) is 1. The topological polar surface area (TPSA) is 97.4 Å². The quantitative estimate of drug-likeness (QED) is 0.575. The molecule has 7 nitrogen and oxygen atoms in total. The Morgan fingerprint density at radius 1 is 0.967 bits per heavy atom. The zero-order valence-corrected chi connectivity index (χ0v) is 17.5. The molecule has 2 N–H and O–H groups in total. The minimum Gasteiger partial charge on any atom is -0.491 e. The summed E-state index contributed by atoms with van der Waals surface area (Å²) in [5.41, 5.74) is 1.72. The normalized spacial score (nSPS) is 11.2. The highest BCUT2D eigenvalue weighted by molar-refractivity contribution is 7.92. The first kappa shape index (κ1) is 21.3. The summed E-state index contributed by atoms with van der Waals surface area (Å²) in [4.78, 5) is 16.3. The number of pyridine rings is 1. The molecule has 0 atom stereocenters. The Morgan fingerprint density at radius 2 is 1.60 bits per heavy atom. The second-order valence-corrected chi connectivity index (χ2v) is 8.54. The average Bonchev–Trinajstić information content (AvgIpc) is 2.73. The summed E-state index contributed by atoms with van der Waals surface area (Å²) in [6.45, 7) is 4.27. The van der Waals surface area contributed by atoms with Gasteiger partial charge in [-0.15, -0.1) is 0 Å². The third-order valence-corrected chi connectivity index (χ3v) is 5.50. The molecule has 8 heteroatoms. The van der Waals surface area contributed by atoms with E-state index in [1.807, 2.05) is 38.1 Å². The number of carbonyl (C=O) groups is 1. The Hall–Kier alpha value is -3.39. The number of rotatable bonds is 8. The highest BCUT2D eigenvalue weighted by Crippen LogP contribution is 2.17. The van der Waals surface area contributed by atoms with E-state index < -0.39 is 10.0 Å². The van der Waals surface area contributed by atoms with Crippen LogP contribution < -0.4 is 14.8 Å². The van der Waals surface area contributed by atoms with Crippen LogP contribution in [-0.2, 0) is 16.6 Å². The zero-order valence-electron chi connectivity index (χ0n) is 16.7. The van der Waals surface area contributed by atoms with Gasteiger partial charge in [0.25, 0.3) is 15.9 Å². The van der Waals surface area contributed by atoms with E-state index in [9.17, 15) is 13.2 Å². The molecule has 0 aliphatic carbocycles. The fourth-order valence-corrected chi connectivity index (χ4v) is 3.72. The molecule has 1 amide bonds. The molecule has 0 spiro atoms. The number of ether oxygens (including phenoxy) is 1. The summed E-state index contributed by atoms with van der Waals surface area (Å²) in [5, 5.41) is 2.82. The molecule has 1 aromatic heterocycles. The number of sulfonamides is 1. The van der Waals surface area contributed by atoms with Gasteiger partial charge >= 0.3 is 0 Å². The second kappa shape index (κ2) is 9.41. The highest BCUT2D eigenvalue weighted by atomic mass is 32.2. The van der Waals surface area contributed by atoms with Gasteiger partial charge in [0.1, 0.15) is 5.75 Å². The van der Waals surface area contributed by atoms with E-state index in [0.717, 1.165) is 11.3 Å². The fraction of sp³-hybridized carbons (Fsp3) is 0.182. The Balaban J connectivity index is 1.59. The van der Waals surface area contributed by atoms with Crippen LogP contribution in [0.2, 0.25) is 0 Å². The van der Waals surface area contributed by atoms with Gasteiger partial charge in [0, 0.05) is 24.5 Å². The van der Waals surface area contributed by atoms with Crippen molar-refractivity contribution in [2.75, 3.05) is 4.72 Å². The minimum absolute atomic E-state index is 0.0663. The van der Waals surface area contributed by atoms with E-state index in [1.165, 1.54) is 36.7 Å². The first-order valence-electron chi connectivity index (χ1n) is 9.40. The van der Waals surface area contributed by atoms with Crippen LogP contribution in [0.15, 0.2) is 78.0 Å². The molecule has 0 unspecified atom stereocenters. The number of carbonyl (C=O) groups excluding carboxylic acids is 1. The number of anilines is 1. The van der Waals surface area contributed by atoms with Crippen molar-refractivity contribution in [3.63, 3.8) is 0 Å². The predicted molar refractivity (Wildman–Crippen MR) is 115 cm³/mol. The lowest BCUT2D eigenvalue weighted by Gasteiger charge is -2.11.